The Labute approximate surface area is 139 Å². The van der Waals surface area contributed by atoms with E-state index in [0.29, 0.717) is 26.3 Å². The van der Waals surface area contributed by atoms with Gasteiger partial charge in [-0.1, -0.05) is 28.1 Å². The van der Waals surface area contributed by atoms with Crippen LogP contribution in [0.5, 0.6) is 0 Å². The molecule has 0 aromatic heterocycles. The summed E-state index contributed by atoms with van der Waals surface area (Å²) in [6, 6.07) is 9.71. The molecule has 0 unspecified atom stereocenters. The van der Waals surface area contributed by atoms with Crippen molar-refractivity contribution in [1.82, 2.24) is 10.6 Å². The number of nitrogens with zero attached hydrogens (tertiary/aromatic N) is 1. The van der Waals surface area contributed by atoms with E-state index in [1.54, 1.807) is 0 Å². The number of halogens is 1. The molecule has 0 aliphatic rings. The van der Waals surface area contributed by atoms with E-state index in [1.165, 1.54) is 6.20 Å². The zero-order valence-electron chi connectivity index (χ0n) is 12.6. The first kappa shape index (κ1) is 18.2. The van der Waals surface area contributed by atoms with E-state index in [1.807, 2.05) is 37.3 Å². The molecule has 6 heteroatoms. The standard InChI is InChI=1S/C16H20BrN3O2/c1-2-22-8-4-7-20-16(21)14(10-18)12-19-11-13-5-3-6-15(17)9-13/h3,5-6,9,12,19H,2,4,7-8,11H2,1H3,(H,20,21)/b14-12-. The molecule has 0 radical (unpaired) electrons. The Kier molecular flexibility index (Phi) is 8.96. The van der Waals surface area contributed by atoms with Crippen LogP contribution in [0.1, 0.15) is 18.9 Å². The second-order valence-electron chi connectivity index (χ2n) is 4.49. The second kappa shape index (κ2) is 10.8. The Morgan fingerprint density at radius 3 is 3.00 bits per heavy atom. The van der Waals surface area contributed by atoms with E-state index in [4.69, 9.17) is 10.00 Å². The first-order chi connectivity index (χ1) is 10.7. The van der Waals surface area contributed by atoms with Crippen molar-refractivity contribution in [2.24, 2.45) is 0 Å². The number of benzene rings is 1. The highest BCUT2D eigenvalue weighted by atomic mass is 79.9. The minimum atomic E-state index is -0.374. The molecule has 22 heavy (non-hydrogen) atoms. The zero-order chi connectivity index (χ0) is 16.2. The maximum Gasteiger partial charge on any atom is 0.263 e. The summed E-state index contributed by atoms with van der Waals surface area (Å²) >= 11 is 3.40. The van der Waals surface area contributed by atoms with Crippen LogP contribution in [0.15, 0.2) is 40.5 Å². The van der Waals surface area contributed by atoms with Gasteiger partial charge in [0, 0.05) is 37.0 Å². The average molecular weight is 366 g/mol. The van der Waals surface area contributed by atoms with Gasteiger partial charge in [0.1, 0.15) is 11.6 Å². The van der Waals surface area contributed by atoms with Crippen molar-refractivity contribution >= 4 is 21.8 Å². The second-order valence-corrected chi connectivity index (χ2v) is 5.40. The molecule has 0 atom stereocenters. The van der Waals surface area contributed by atoms with E-state index in [2.05, 4.69) is 26.6 Å². The first-order valence-electron chi connectivity index (χ1n) is 7.11. The van der Waals surface area contributed by atoms with E-state index in [-0.39, 0.29) is 11.5 Å². The van der Waals surface area contributed by atoms with E-state index < -0.39 is 0 Å². The van der Waals surface area contributed by atoms with Crippen LogP contribution in [-0.4, -0.2) is 25.7 Å². The van der Waals surface area contributed by atoms with Gasteiger partial charge in [-0.3, -0.25) is 4.79 Å². The Hall–Kier alpha value is -1.84. The number of rotatable bonds is 9. The number of amides is 1. The quantitative estimate of drug-likeness (QED) is 0.400. The third-order valence-electron chi connectivity index (χ3n) is 2.76. The summed E-state index contributed by atoms with van der Waals surface area (Å²) in [5.74, 6) is -0.374. The van der Waals surface area contributed by atoms with Crippen LogP contribution < -0.4 is 10.6 Å². The molecule has 0 saturated heterocycles. The minimum Gasteiger partial charge on any atom is -0.386 e. The number of hydrogen-bond donors (Lipinski definition) is 2. The lowest BCUT2D eigenvalue weighted by Crippen LogP contribution is -2.27. The van der Waals surface area contributed by atoms with Crippen molar-refractivity contribution in [2.75, 3.05) is 19.8 Å². The first-order valence-corrected chi connectivity index (χ1v) is 7.90. The topological polar surface area (TPSA) is 74.1 Å². The van der Waals surface area contributed by atoms with Gasteiger partial charge >= 0.3 is 0 Å². The Balaban J connectivity index is 2.39. The molecular formula is C16H20BrN3O2. The van der Waals surface area contributed by atoms with E-state index >= 15 is 0 Å². The van der Waals surface area contributed by atoms with Gasteiger partial charge in [-0.25, -0.2) is 0 Å². The largest absolute Gasteiger partial charge is 0.386 e. The zero-order valence-corrected chi connectivity index (χ0v) is 14.1. The van der Waals surface area contributed by atoms with Crippen LogP contribution in [0.3, 0.4) is 0 Å². The Morgan fingerprint density at radius 2 is 2.32 bits per heavy atom. The molecule has 1 amide bonds. The van der Waals surface area contributed by atoms with Crippen LogP contribution in [0.25, 0.3) is 0 Å². The van der Waals surface area contributed by atoms with E-state index in [9.17, 15) is 4.79 Å². The molecule has 0 aliphatic heterocycles. The van der Waals surface area contributed by atoms with Crippen molar-refractivity contribution in [3.05, 3.63) is 46.1 Å². The lowest BCUT2D eigenvalue weighted by molar-refractivity contribution is -0.117. The molecule has 1 aromatic rings. The maximum atomic E-state index is 11.8. The highest BCUT2D eigenvalue weighted by molar-refractivity contribution is 9.10. The van der Waals surface area contributed by atoms with Gasteiger partial charge in [-0.2, -0.15) is 5.26 Å². The summed E-state index contributed by atoms with van der Waals surface area (Å²) in [7, 11) is 0. The van der Waals surface area contributed by atoms with Crippen LogP contribution in [0, 0.1) is 11.3 Å². The fourth-order valence-electron chi connectivity index (χ4n) is 1.68. The van der Waals surface area contributed by atoms with Crippen molar-refractivity contribution in [3.63, 3.8) is 0 Å². The SMILES string of the molecule is CCOCCCNC(=O)/C(C#N)=C\NCc1cccc(Br)c1. The summed E-state index contributed by atoms with van der Waals surface area (Å²) < 4.78 is 6.17. The number of nitriles is 1. The summed E-state index contributed by atoms with van der Waals surface area (Å²) in [6.45, 7) is 4.22. The predicted octanol–water partition coefficient (Wildman–Crippen LogP) is 2.49. The summed E-state index contributed by atoms with van der Waals surface area (Å²) in [4.78, 5) is 11.8. The van der Waals surface area contributed by atoms with Crippen molar-refractivity contribution < 1.29 is 9.53 Å². The molecule has 5 nitrogen and oxygen atoms in total. The van der Waals surface area contributed by atoms with Gasteiger partial charge in [0.25, 0.3) is 5.91 Å². The smallest absolute Gasteiger partial charge is 0.263 e. The fraction of sp³-hybridized carbons (Fsp3) is 0.375. The number of nitrogens with one attached hydrogen (secondary N) is 2. The van der Waals surface area contributed by atoms with Gasteiger partial charge in [0.05, 0.1) is 0 Å². The Morgan fingerprint density at radius 1 is 1.50 bits per heavy atom. The summed E-state index contributed by atoms with van der Waals surface area (Å²) in [6.07, 6.45) is 2.17. The lowest BCUT2D eigenvalue weighted by Gasteiger charge is -2.06. The third kappa shape index (κ3) is 7.25. The molecule has 118 valence electrons. The molecule has 0 heterocycles. The summed E-state index contributed by atoms with van der Waals surface area (Å²) in [5, 5.41) is 14.7. The highest BCUT2D eigenvalue weighted by Crippen LogP contribution is 2.11. The normalized spacial score (nSPS) is 10.9. The van der Waals surface area contributed by atoms with Gasteiger partial charge in [-0.15, -0.1) is 0 Å². The number of carbonyl (C=O) groups is 1. The van der Waals surface area contributed by atoms with Gasteiger partial charge in [0.2, 0.25) is 0 Å². The van der Waals surface area contributed by atoms with E-state index in [0.717, 1.165) is 16.5 Å². The maximum absolute atomic E-state index is 11.8. The fourth-order valence-corrected chi connectivity index (χ4v) is 2.13. The molecule has 0 fully saturated rings. The number of ether oxygens (including phenoxy) is 1. The van der Waals surface area contributed by atoms with Crippen molar-refractivity contribution in [1.29, 1.82) is 5.26 Å². The molecule has 0 spiro atoms. The third-order valence-corrected chi connectivity index (χ3v) is 3.26. The van der Waals surface area contributed by atoms with Gasteiger partial charge < -0.3 is 15.4 Å². The van der Waals surface area contributed by atoms with Gasteiger partial charge in [0.15, 0.2) is 0 Å². The molecule has 1 rings (SSSR count). The number of hydrogen-bond acceptors (Lipinski definition) is 4. The van der Waals surface area contributed by atoms with Crippen LogP contribution >= 0.6 is 15.9 Å². The highest BCUT2D eigenvalue weighted by Gasteiger charge is 2.07. The Bertz CT molecular complexity index is 553. The summed E-state index contributed by atoms with van der Waals surface area (Å²) in [5.41, 5.74) is 1.12. The van der Waals surface area contributed by atoms with Crippen molar-refractivity contribution in [3.8, 4) is 6.07 Å². The van der Waals surface area contributed by atoms with Gasteiger partial charge in [-0.05, 0) is 31.0 Å². The average Bonchev–Trinajstić information content (AvgIpc) is 2.51. The molecule has 0 bridgehead atoms. The van der Waals surface area contributed by atoms with Crippen LogP contribution in [-0.2, 0) is 16.1 Å². The van der Waals surface area contributed by atoms with Crippen molar-refractivity contribution in [2.45, 2.75) is 19.9 Å². The van der Waals surface area contributed by atoms with Crippen LogP contribution in [0.4, 0.5) is 0 Å². The number of carbonyl (C=O) groups excluding carboxylic acids is 1. The molecule has 1 aromatic carbocycles. The minimum absolute atomic E-state index is 0.0615. The predicted molar refractivity (Wildman–Crippen MR) is 88.8 cm³/mol. The molecule has 0 aliphatic carbocycles. The monoisotopic (exact) mass is 365 g/mol. The molecular weight excluding hydrogens is 346 g/mol. The molecule has 2 N–H and O–H groups in total. The van der Waals surface area contributed by atoms with Crippen LogP contribution in [0.2, 0.25) is 0 Å². The molecule has 0 saturated carbocycles. The lowest BCUT2D eigenvalue weighted by atomic mass is 10.2.